The van der Waals surface area contributed by atoms with Crippen molar-refractivity contribution in [2.24, 2.45) is 5.92 Å². The van der Waals surface area contributed by atoms with Crippen LogP contribution < -0.4 is 0 Å². The smallest absolute Gasteiger partial charge is 0.311 e. The van der Waals surface area contributed by atoms with Gasteiger partial charge in [-0.25, -0.2) is 0 Å². The van der Waals surface area contributed by atoms with E-state index in [0.29, 0.717) is 25.4 Å². The molecule has 0 aromatic heterocycles. The van der Waals surface area contributed by atoms with Crippen LogP contribution in [0.2, 0.25) is 0 Å². The lowest BCUT2D eigenvalue weighted by Crippen LogP contribution is -2.46. The summed E-state index contributed by atoms with van der Waals surface area (Å²) in [4.78, 5) is 14.1. The Morgan fingerprint density at radius 1 is 1.50 bits per heavy atom. The third-order valence-electron chi connectivity index (χ3n) is 4.02. The van der Waals surface area contributed by atoms with Gasteiger partial charge in [0.25, 0.3) is 0 Å². The number of rotatable bonds is 6. The van der Waals surface area contributed by atoms with Crippen LogP contribution in [0.15, 0.2) is 0 Å². The van der Waals surface area contributed by atoms with E-state index in [-0.39, 0.29) is 11.9 Å². The molecule has 18 heavy (non-hydrogen) atoms. The number of hydrogen-bond donors (Lipinski definition) is 1. The standard InChI is InChI=1S/C14H27NO3/c1-5-6-7-12(13(16)18-4)14(17)8-9-15(10-14)11(2)3/h11-12,17H,5-10H2,1-4H3. The topological polar surface area (TPSA) is 49.8 Å². The van der Waals surface area contributed by atoms with Crippen LogP contribution in [0.4, 0.5) is 0 Å². The molecule has 2 atom stereocenters. The minimum atomic E-state index is -0.910. The second-order valence-electron chi connectivity index (χ2n) is 5.64. The van der Waals surface area contributed by atoms with Gasteiger partial charge in [-0.05, 0) is 26.7 Å². The molecule has 0 saturated carbocycles. The van der Waals surface area contributed by atoms with Gasteiger partial charge >= 0.3 is 5.97 Å². The Hall–Kier alpha value is -0.610. The molecule has 0 spiro atoms. The zero-order chi connectivity index (χ0) is 13.8. The number of aliphatic hydroxyl groups is 1. The minimum Gasteiger partial charge on any atom is -0.469 e. The van der Waals surface area contributed by atoms with Gasteiger partial charge in [-0.3, -0.25) is 9.69 Å². The van der Waals surface area contributed by atoms with Crippen LogP contribution >= 0.6 is 0 Å². The van der Waals surface area contributed by atoms with Gasteiger partial charge in [-0.2, -0.15) is 0 Å². The van der Waals surface area contributed by atoms with Crippen molar-refractivity contribution in [1.29, 1.82) is 0 Å². The highest BCUT2D eigenvalue weighted by atomic mass is 16.5. The number of likely N-dealkylation sites (tertiary alicyclic amines) is 1. The summed E-state index contributed by atoms with van der Waals surface area (Å²) in [6, 6.07) is 0.406. The lowest BCUT2D eigenvalue weighted by molar-refractivity contribution is -0.155. The highest BCUT2D eigenvalue weighted by molar-refractivity contribution is 5.73. The van der Waals surface area contributed by atoms with Crippen LogP contribution in [-0.4, -0.2) is 47.8 Å². The van der Waals surface area contributed by atoms with Crippen LogP contribution in [-0.2, 0) is 9.53 Å². The quantitative estimate of drug-likeness (QED) is 0.737. The van der Waals surface area contributed by atoms with E-state index in [1.165, 1.54) is 7.11 Å². The van der Waals surface area contributed by atoms with Crippen LogP contribution in [0, 0.1) is 5.92 Å². The maximum Gasteiger partial charge on any atom is 0.311 e. The predicted octanol–water partition coefficient (Wildman–Crippen LogP) is 1.81. The largest absolute Gasteiger partial charge is 0.469 e. The molecule has 1 rings (SSSR count). The van der Waals surface area contributed by atoms with Gasteiger partial charge in [-0.15, -0.1) is 0 Å². The van der Waals surface area contributed by atoms with E-state index in [9.17, 15) is 9.90 Å². The first-order valence-corrected chi connectivity index (χ1v) is 6.99. The third-order valence-corrected chi connectivity index (χ3v) is 4.02. The molecule has 1 heterocycles. The number of nitrogens with zero attached hydrogens (tertiary/aromatic N) is 1. The first kappa shape index (κ1) is 15.4. The lowest BCUT2D eigenvalue weighted by atomic mass is 9.83. The molecule has 106 valence electrons. The summed E-state index contributed by atoms with van der Waals surface area (Å²) in [6.07, 6.45) is 3.35. The van der Waals surface area contributed by atoms with Crippen molar-refractivity contribution < 1.29 is 14.6 Å². The van der Waals surface area contributed by atoms with Crippen molar-refractivity contribution in [2.75, 3.05) is 20.2 Å². The van der Waals surface area contributed by atoms with E-state index in [2.05, 4.69) is 25.7 Å². The highest BCUT2D eigenvalue weighted by Crippen LogP contribution is 2.34. The number of β-amino-alcohol motifs (C(OH)–C–C–N with tert-alkyl or cyclic N) is 1. The molecule has 0 radical (unpaired) electrons. The Morgan fingerprint density at radius 3 is 2.61 bits per heavy atom. The van der Waals surface area contributed by atoms with Gasteiger partial charge in [0.1, 0.15) is 0 Å². The van der Waals surface area contributed by atoms with Crippen molar-refractivity contribution >= 4 is 5.97 Å². The molecule has 4 heteroatoms. The molecule has 0 amide bonds. The molecule has 1 aliphatic heterocycles. The Balaban J connectivity index is 2.75. The Kier molecular flexibility index (Phi) is 5.60. The maximum atomic E-state index is 11.9. The van der Waals surface area contributed by atoms with Gasteiger partial charge in [0, 0.05) is 19.1 Å². The average Bonchev–Trinajstić information content (AvgIpc) is 2.73. The van der Waals surface area contributed by atoms with Gasteiger partial charge in [-0.1, -0.05) is 19.8 Å². The number of esters is 1. The van der Waals surface area contributed by atoms with E-state index in [0.717, 1.165) is 19.4 Å². The van der Waals surface area contributed by atoms with Gasteiger partial charge in [0.15, 0.2) is 0 Å². The fourth-order valence-electron chi connectivity index (χ4n) is 2.73. The summed E-state index contributed by atoms with van der Waals surface area (Å²) in [5, 5.41) is 10.8. The first-order valence-electron chi connectivity index (χ1n) is 6.99. The molecule has 2 unspecified atom stereocenters. The van der Waals surface area contributed by atoms with Crippen molar-refractivity contribution in [3.8, 4) is 0 Å². The molecular formula is C14H27NO3. The van der Waals surface area contributed by atoms with Crippen LogP contribution in [0.3, 0.4) is 0 Å². The Labute approximate surface area is 110 Å². The summed E-state index contributed by atoms with van der Waals surface area (Å²) in [5.74, 6) is -0.650. The number of methoxy groups -OCH3 is 1. The number of ether oxygens (including phenoxy) is 1. The number of unbranched alkanes of at least 4 members (excludes halogenated alkanes) is 1. The zero-order valence-electron chi connectivity index (χ0n) is 12.1. The average molecular weight is 257 g/mol. The fraction of sp³-hybridized carbons (Fsp3) is 0.929. The second kappa shape index (κ2) is 6.53. The summed E-state index contributed by atoms with van der Waals surface area (Å²) >= 11 is 0. The molecule has 1 saturated heterocycles. The normalized spacial score (nSPS) is 26.6. The summed E-state index contributed by atoms with van der Waals surface area (Å²) in [7, 11) is 1.40. The van der Waals surface area contributed by atoms with E-state index in [1.54, 1.807) is 0 Å². The summed E-state index contributed by atoms with van der Waals surface area (Å²) in [6.45, 7) is 7.76. The summed E-state index contributed by atoms with van der Waals surface area (Å²) < 4.78 is 4.87. The second-order valence-corrected chi connectivity index (χ2v) is 5.64. The molecule has 1 N–H and O–H groups in total. The van der Waals surface area contributed by atoms with Crippen molar-refractivity contribution in [3.05, 3.63) is 0 Å². The number of hydrogen-bond acceptors (Lipinski definition) is 4. The van der Waals surface area contributed by atoms with E-state index in [4.69, 9.17) is 4.74 Å². The molecule has 0 aromatic carbocycles. The lowest BCUT2D eigenvalue weighted by Gasteiger charge is -2.31. The van der Waals surface area contributed by atoms with Crippen molar-refractivity contribution in [2.45, 2.75) is 58.1 Å². The Bertz CT molecular complexity index is 280. The molecule has 0 aromatic rings. The van der Waals surface area contributed by atoms with Crippen molar-refractivity contribution in [3.63, 3.8) is 0 Å². The number of carbonyl (C=O) groups excluding carboxylic acids is 1. The minimum absolute atomic E-state index is 0.267. The zero-order valence-corrected chi connectivity index (χ0v) is 12.1. The molecular weight excluding hydrogens is 230 g/mol. The Morgan fingerprint density at radius 2 is 2.17 bits per heavy atom. The van der Waals surface area contributed by atoms with Gasteiger partial charge < -0.3 is 9.84 Å². The molecule has 0 aliphatic carbocycles. The van der Waals surface area contributed by atoms with E-state index in [1.807, 2.05) is 0 Å². The van der Waals surface area contributed by atoms with E-state index < -0.39 is 5.60 Å². The van der Waals surface area contributed by atoms with Crippen molar-refractivity contribution in [1.82, 2.24) is 4.90 Å². The van der Waals surface area contributed by atoms with E-state index >= 15 is 0 Å². The maximum absolute atomic E-state index is 11.9. The van der Waals surface area contributed by atoms with Gasteiger partial charge in [0.05, 0.1) is 18.6 Å². The predicted molar refractivity (Wildman–Crippen MR) is 71.3 cm³/mol. The molecule has 1 aliphatic rings. The van der Waals surface area contributed by atoms with Gasteiger partial charge in [0.2, 0.25) is 0 Å². The monoisotopic (exact) mass is 257 g/mol. The molecule has 4 nitrogen and oxygen atoms in total. The number of carbonyl (C=O) groups is 1. The molecule has 1 fully saturated rings. The summed E-state index contributed by atoms with van der Waals surface area (Å²) in [5.41, 5.74) is -0.910. The van der Waals surface area contributed by atoms with Crippen LogP contribution in [0.5, 0.6) is 0 Å². The fourth-order valence-corrected chi connectivity index (χ4v) is 2.73. The van der Waals surface area contributed by atoms with Crippen LogP contribution in [0.25, 0.3) is 0 Å². The molecule has 0 bridgehead atoms. The highest BCUT2D eigenvalue weighted by Gasteiger charge is 2.46. The van der Waals surface area contributed by atoms with Crippen LogP contribution in [0.1, 0.15) is 46.5 Å². The third kappa shape index (κ3) is 3.45. The first-order chi connectivity index (χ1) is 8.44. The SMILES string of the molecule is CCCCC(C(=O)OC)C1(O)CCN(C(C)C)C1.